The second-order valence-corrected chi connectivity index (χ2v) is 4.06. The molecule has 78 valence electrons. The Morgan fingerprint density at radius 3 is 2.62 bits per heavy atom. The van der Waals surface area contributed by atoms with Crippen molar-refractivity contribution < 1.29 is 4.84 Å². The van der Waals surface area contributed by atoms with E-state index in [0.29, 0.717) is 5.92 Å². The van der Waals surface area contributed by atoms with Gasteiger partial charge in [0.05, 0.1) is 0 Å². The highest BCUT2D eigenvalue weighted by Crippen LogP contribution is 2.28. The molecule has 0 aliphatic carbocycles. The fourth-order valence-electron chi connectivity index (χ4n) is 1.41. The van der Waals surface area contributed by atoms with Crippen LogP contribution in [0.3, 0.4) is 0 Å². The summed E-state index contributed by atoms with van der Waals surface area (Å²) >= 11 is 0. The first-order valence-electron chi connectivity index (χ1n) is 5.29. The molecule has 1 rings (SSSR count). The van der Waals surface area contributed by atoms with Crippen LogP contribution in [0.2, 0.25) is 0 Å². The van der Waals surface area contributed by atoms with Crippen molar-refractivity contribution >= 4 is 6.21 Å². The Labute approximate surface area is 82.4 Å². The second kappa shape index (κ2) is 6.01. The minimum Gasteiger partial charge on any atom is -0.396 e. The molecule has 0 N–H and O–H groups in total. The number of hydrogen-bond donors (Lipinski definition) is 0. The molecule has 0 fully saturated rings. The lowest BCUT2D eigenvalue weighted by molar-refractivity contribution is 0.0693. The largest absolute Gasteiger partial charge is 0.396 e. The van der Waals surface area contributed by atoms with E-state index < -0.39 is 0 Å². The molecule has 0 amide bonds. The molecule has 0 aromatic rings. The lowest BCUT2D eigenvalue weighted by atomic mass is 9.83. The van der Waals surface area contributed by atoms with Gasteiger partial charge < -0.3 is 4.84 Å². The molecular formula is C11H23NO. The summed E-state index contributed by atoms with van der Waals surface area (Å²) in [6, 6.07) is 0. The highest BCUT2D eigenvalue weighted by Gasteiger charge is 2.24. The van der Waals surface area contributed by atoms with E-state index in [1.54, 1.807) is 0 Å². The van der Waals surface area contributed by atoms with Gasteiger partial charge in [0, 0.05) is 11.6 Å². The first-order chi connectivity index (χ1) is 6.14. The van der Waals surface area contributed by atoms with Crippen LogP contribution >= 0.6 is 0 Å². The van der Waals surface area contributed by atoms with Crippen LogP contribution in [0.5, 0.6) is 0 Å². The summed E-state index contributed by atoms with van der Waals surface area (Å²) in [5.41, 5.74) is 0.289. The van der Waals surface area contributed by atoms with Crippen molar-refractivity contribution in [3.8, 4) is 0 Å². The molecule has 1 aliphatic heterocycles. The summed E-state index contributed by atoms with van der Waals surface area (Å²) in [5, 5.41) is 3.89. The van der Waals surface area contributed by atoms with Crippen LogP contribution in [-0.4, -0.2) is 12.8 Å². The van der Waals surface area contributed by atoms with Gasteiger partial charge in [-0.15, -0.1) is 0 Å². The molecule has 0 spiro atoms. The summed E-state index contributed by atoms with van der Waals surface area (Å²) in [7, 11) is 0. The van der Waals surface area contributed by atoms with Gasteiger partial charge in [0.25, 0.3) is 0 Å². The molecule has 2 heteroatoms. The van der Waals surface area contributed by atoms with Gasteiger partial charge in [-0.25, -0.2) is 0 Å². The van der Waals surface area contributed by atoms with Crippen LogP contribution in [0.1, 0.15) is 47.5 Å². The third-order valence-corrected chi connectivity index (χ3v) is 2.14. The molecule has 0 saturated carbocycles. The topological polar surface area (TPSA) is 21.6 Å². The number of oxime groups is 1. The van der Waals surface area contributed by atoms with Gasteiger partial charge >= 0.3 is 0 Å². The zero-order valence-electron chi connectivity index (χ0n) is 9.63. The van der Waals surface area contributed by atoms with Gasteiger partial charge in [0.1, 0.15) is 6.61 Å². The Kier molecular flexibility index (Phi) is 5.76. The quantitative estimate of drug-likeness (QED) is 0.613. The lowest BCUT2D eigenvalue weighted by Crippen LogP contribution is -2.20. The van der Waals surface area contributed by atoms with Gasteiger partial charge in [0.2, 0.25) is 0 Å². The molecule has 13 heavy (non-hydrogen) atoms. The van der Waals surface area contributed by atoms with Gasteiger partial charge in [-0.2, -0.15) is 0 Å². The summed E-state index contributed by atoms with van der Waals surface area (Å²) < 4.78 is 0. The normalized spacial score (nSPS) is 25.2. The van der Waals surface area contributed by atoms with E-state index in [0.717, 1.165) is 13.0 Å². The maximum absolute atomic E-state index is 5.11. The van der Waals surface area contributed by atoms with Crippen LogP contribution in [-0.2, 0) is 4.84 Å². The standard InChI is InChI=1S/C9H17NO.C2H6/c1-4-8-5-9(2,3)7-11-10-6-8;1-2/h6,8H,4-5,7H2,1-3H3;1-2H3. The molecule has 0 aromatic carbocycles. The van der Waals surface area contributed by atoms with E-state index in [2.05, 4.69) is 25.9 Å². The van der Waals surface area contributed by atoms with E-state index >= 15 is 0 Å². The van der Waals surface area contributed by atoms with Crippen LogP contribution in [0.4, 0.5) is 0 Å². The van der Waals surface area contributed by atoms with E-state index in [1.807, 2.05) is 20.1 Å². The molecule has 0 bridgehead atoms. The third kappa shape index (κ3) is 4.91. The Bertz CT molecular complexity index is 152. The van der Waals surface area contributed by atoms with Crippen LogP contribution in [0.15, 0.2) is 5.16 Å². The lowest BCUT2D eigenvalue weighted by Gasteiger charge is -2.22. The fourth-order valence-corrected chi connectivity index (χ4v) is 1.41. The molecule has 1 atom stereocenters. The Hall–Kier alpha value is -0.530. The number of hydrogen-bond acceptors (Lipinski definition) is 2. The molecule has 1 aliphatic rings. The van der Waals surface area contributed by atoms with Gasteiger partial charge in [-0.1, -0.05) is 39.8 Å². The maximum atomic E-state index is 5.11. The van der Waals surface area contributed by atoms with E-state index in [9.17, 15) is 0 Å². The average molecular weight is 185 g/mol. The van der Waals surface area contributed by atoms with Gasteiger partial charge in [-0.05, 0) is 18.8 Å². The zero-order valence-corrected chi connectivity index (χ0v) is 9.63. The smallest absolute Gasteiger partial charge is 0.122 e. The monoisotopic (exact) mass is 185 g/mol. The van der Waals surface area contributed by atoms with E-state index in [4.69, 9.17) is 4.84 Å². The van der Waals surface area contributed by atoms with Crippen molar-refractivity contribution in [3.63, 3.8) is 0 Å². The molecule has 0 saturated heterocycles. The third-order valence-electron chi connectivity index (χ3n) is 2.14. The van der Waals surface area contributed by atoms with E-state index in [-0.39, 0.29) is 5.41 Å². The second-order valence-electron chi connectivity index (χ2n) is 4.06. The summed E-state index contributed by atoms with van der Waals surface area (Å²) in [4.78, 5) is 5.11. The van der Waals surface area contributed by atoms with Gasteiger partial charge in [-0.3, -0.25) is 0 Å². The highest BCUT2D eigenvalue weighted by molar-refractivity contribution is 5.60. The molecule has 0 radical (unpaired) electrons. The Morgan fingerprint density at radius 1 is 1.46 bits per heavy atom. The SMILES string of the molecule is CC.CCC1C=NOCC(C)(C)C1. The Morgan fingerprint density at radius 2 is 2.08 bits per heavy atom. The summed E-state index contributed by atoms with van der Waals surface area (Å²) in [5.74, 6) is 0.604. The molecular weight excluding hydrogens is 162 g/mol. The van der Waals surface area contributed by atoms with Crippen molar-refractivity contribution in [1.82, 2.24) is 0 Å². The van der Waals surface area contributed by atoms with Gasteiger partial charge in [0.15, 0.2) is 0 Å². The summed E-state index contributed by atoms with van der Waals surface area (Å²) in [6.07, 6.45) is 4.29. The van der Waals surface area contributed by atoms with Crippen molar-refractivity contribution in [1.29, 1.82) is 0 Å². The minimum absolute atomic E-state index is 0.289. The first kappa shape index (κ1) is 12.5. The Balaban J connectivity index is 0.000000671. The predicted octanol–water partition coefficient (Wildman–Crippen LogP) is 3.47. The molecule has 1 heterocycles. The zero-order chi connectivity index (χ0) is 10.3. The molecule has 2 nitrogen and oxygen atoms in total. The van der Waals surface area contributed by atoms with Crippen molar-refractivity contribution in [3.05, 3.63) is 0 Å². The average Bonchev–Trinajstić information content (AvgIpc) is 2.29. The first-order valence-corrected chi connectivity index (χ1v) is 5.29. The summed E-state index contributed by atoms with van der Waals surface area (Å²) in [6.45, 7) is 11.4. The van der Waals surface area contributed by atoms with Crippen molar-refractivity contribution in [2.45, 2.75) is 47.5 Å². The predicted molar refractivity (Wildman–Crippen MR) is 58.0 cm³/mol. The minimum atomic E-state index is 0.289. The van der Waals surface area contributed by atoms with Crippen LogP contribution < -0.4 is 0 Å². The molecule has 0 aromatic heterocycles. The maximum Gasteiger partial charge on any atom is 0.122 e. The van der Waals surface area contributed by atoms with Crippen molar-refractivity contribution in [2.75, 3.05) is 6.61 Å². The van der Waals surface area contributed by atoms with Crippen LogP contribution in [0.25, 0.3) is 0 Å². The van der Waals surface area contributed by atoms with E-state index in [1.165, 1.54) is 6.42 Å². The van der Waals surface area contributed by atoms with Crippen molar-refractivity contribution in [2.24, 2.45) is 16.5 Å². The molecule has 1 unspecified atom stereocenters. The fraction of sp³-hybridized carbons (Fsp3) is 0.909. The highest BCUT2D eigenvalue weighted by atomic mass is 16.6. The number of nitrogens with zero attached hydrogens (tertiary/aromatic N) is 1. The number of rotatable bonds is 1. The van der Waals surface area contributed by atoms with Crippen LogP contribution in [0, 0.1) is 11.3 Å².